The number of carbonyl (C=O) groups excluding carboxylic acids is 2. The number of rotatable bonds is 4. The highest BCUT2D eigenvalue weighted by Gasteiger charge is 2.29. The maximum Gasteiger partial charge on any atom is 0.246 e. The number of hydrogen-bond acceptors (Lipinski definition) is 4. The molecule has 0 aromatic heterocycles. The number of likely N-dealkylation sites (tertiary alicyclic amines) is 1. The maximum absolute atomic E-state index is 12.0. The van der Waals surface area contributed by atoms with Gasteiger partial charge >= 0.3 is 0 Å². The third kappa shape index (κ3) is 3.38. The molecule has 0 aromatic carbocycles. The number of nitrogens with two attached hydrogens (primary N) is 1. The molecule has 1 aliphatic heterocycles. The molecule has 3 N–H and O–H groups in total. The van der Waals surface area contributed by atoms with E-state index in [0.29, 0.717) is 24.8 Å². The summed E-state index contributed by atoms with van der Waals surface area (Å²) in [6, 6.07) is -0.516. The molecule has 0 aliphatic carbocycles. The first-order valence-corrected chi connectivity index (χ1v) is 6.08. The normalized spacial score (nSPS) is 21.9. The fraction of sp³-hybridized carbons (Fsp3) is 0.800. The third-order valence-corrected chi connectivity index (χ3v) is 3.15. The van der Waals surface area contributed by atoms with Gasteiger partial charge in [0.25, 0.3) is 0 Å². The lowest BCUT2D eigenvalue weighted by Crippen LogP contribution is -2.48. The van der Waals surface area contributed by atoms with Crippen LogP contribution in [0, 0.1) is 5.92 Å². The fourth-order valence-corrected chi connectivity index (χ4v) is 2.12. The highest BCUT2D eigenvalue weighted by molar-refractivity contribution is 7.80. The van der Waals surface area contributed by atoms with Gasteiger partial charge in [-0.1, -0.05) is 0 Å². The van der Waals surface area contributed by atoms with Crippen molar-refractivity contribution < 1.29 is 9.59 Å². The summed E-state index contributed by atoms with van der Waals surface area (Å²) in [7, 11) is 0. The summed E-state index contributed by atoms with van der Waals surface area (Å²) in [5.74, 6) is 0.451. The van der Waals surface area contributed by atoms with E-state index in [0.717, 1.165) is 13.0 Å². The molecular weight excluding hydrogens is 226 g/mol. The molecule has 1 heterocycles. The molecule has 2 atom stereocenters. The summed E-state index contributed by atoms with van der Waals surface area (Å²) in [5, 5.41) is 2.60. The molecule has 0 spiro atoms. The molecule has 2 amide bonds. The van der Waals surface area contributed by atoms with Crippen LogP contribution in [0.25, 0.3) is 0 Å². The van der Waals surface area contributed by atoms with Gasteiger partial charge in [0, 0.05) is 25.8 Å². The molecule has 0 radical (unpaired) electrons. The van der Waals surface area contributed by atoms with Crippen molar-refractivity contribution >= 4 is 24.4 Å². The van der Waals surface area contributed by atoms with Gasteiger partial charge < -0.3 is 16.0 Å². The van der Waals surface area contributed by atoms with Gasteiger partial charge in [0.1, 0.15) is 6.04 Å². The highest BCUT2D eigenvalue weighted by atomic mass is 32.1. The van der Waals surface area contributed by atoms with Crippen LogP contribution >= 0.6 is 12.6 Å². The van der Waals surface area contributed by atoms with Gasteiger partial charge in [0.15, 0.2) is 0 Å². The van der Waals surface area contributed by atoms with Crippen molar-refractivity contribution in [2.75, 3.05) is 25.4 Å². The number of nitrogens with one attached hydrogen (secondary N) is 1. The van der Waals surface area contributed by atoms with E-state index in [2.05, 4.69) is 17.9 Å². The van der Waals surface area contributed by atoms with Crippen molar-refractivity contribution in [3.63, 3.8) is 0 Å². The Bertz CT molecular complexity index is 273. The standard InChI is InChI=1S/C10H19N3O2S/c1-7(14)12-9(6-16)10(15)13-3-2-8(4-11)5-13/h8-9,16H,2-6,11H2,1H3,(H,12,14). The van der Waals surface area contributed by atoms with Crippen molar-refractivity contribution in [2.24, 2.45) is 11.7 Å². The molecule has 0 bridgehead atoms. The molecule has 1 saturated heterocycles. The average Bonchev–Trinajstić information content (AvgIpc) is 2.73. The Kier molecular flexibility index (Phi) is 5.08. The SMILES string of the molecule is CC(=O)NC(CS)C(=O)N1CCC(CN)C1. The number of nitrogens with zero attached hydrogens (tertiary/aromatic N) is 1. The second-order valence-electron chi connectivity index (χ2n) is 4.11. The van der Waals surface area contributed by atoms with Crippen molar-refractivity contribution in [1.82, 2.24) is 10.2 Å². The van der Waals surface area contributed by atoms with Gasteiger partial charge in [-0.05, 0) is 18.9 Å². The fourth-order valence-electron chi connectivity index (χ4n) is 1.88. The zero-order chi connectivity index (χ0) is 12.1. The summed E-state index contributed by atoms with van der Waals surface area (Å²) < 4.78 is 0. The Morgan fingerprint density at radius 2 is 2.31 bits per heavy atom. The molecule has 0 saturated carbocycles. The summed E-state index contributed by atoms with van der Waals surface area (Å²) in [6.07, 6.45) is 0.946. The molecule has 2 unspecified atom stereocenters. The summed E-state index contributed by atoms with van der Waals surface area (Å²) in [5.41, 5.74) is 5.56. The number of hydrogen-bond donors (Lipinski definition) is 3. The minimum Gasteiger partial charge on any atom is -0.344 e. The van der Waals surface area contributed by atoms with E-state index < -0.39 is 6.04 Å². The first-order chi connectivity index (χ1) is 7.58. The quantitative estimate of drug-likeness (QED) is 0.569. The lowest BCUT2D eigenvalue weighted by Gasteiger charge is -2.22. The molecule has 6 heteroatoms. The minimum absolute atomic E-state index is 0.0545. The van der Waals surface area contributed by atoms with Crippen molar-refractivity contribution in [3.8, 4) is 0 Å². The number of amides is 2. The van der Waals surface area contributed by atoms with E-state index in [1.165, 1.54) is 6.92 Å². The topological polar surface area (TPSA) is 75.4 Å². The van der Waals surface area contributed by atoms with E-state index >= 15 is 0 Å². The first-order valence-electron chi connectivity index (χ1n) is 5.45. The minimum atomic E-state index is -0.516. The van der Waals surface area contributed by atoms with Gasteiger partial charge in [-0.2, -0.15) is 12.6 Å². The molecule has 16 heavy (non-hydrogen) atoms. The Morgan fingerprint density at radius 1 is 1.62 bits per heavy atom. The van der Waals surface area contributed by atoms with Crippen LogP contribution < -0.4 is 11.1 Å². The molecule has 1 rings (SSSR count). The molecule has 5 nitrogen and oxygen atoms in total. The maximum atomic E-state index is 12.0. The Balaban J connectivity index is 2.52. The Morgan fingerprint density at radius 3 is 2.75 bits per heavy atom. The van der Waals surface area contributed by atoms with Crippen molar-refractivity contribution in [1.29, 1.82) is 0 Å². The van der Waals surface area contributed by atoms with Crippen LogP contribution in [0.3, 0.4) is 0 Å². The van der Waals surface area contributed by atoms with Gasteiger partial charge in [-0.25, -0.2) is 0 Å². The van der Waals surface area contributed by atoms with Crippen LogP contribution in [0.4, 0.5) is 0 Å². The van der Waals surface area contributed by atoms with Crippen LogP contribution in [0.1, 0.15) is 13.3 Å². The molecular formula is C10H19N3O2S. The van der Waals surface area contributed by atoms with E-state index in [4.69, 9.17) is 5.73 Å². The number of carbonyl (C=O) groups is 2. The van der Waals surface area contributed by atoms with E-state index in [-0.39, 0.29) is 11.8 Å². The lowest BCUT2D eigenvalue weighted by atomic mass is 10.1. The smallest absolute Gasteiger partial charge is 0.246 e. The summed E-state index contributed by atoms with van der Waals surface area (Å²) in [6.45, 7) is 3.43. The molecule has 1 aliphatic rings. The second-order valence-corrected chi connectivity index (χ2v) is 4.48. The Hall–Kier alpha value is -0.750. The first kappa shape index (κ1) is 13.3. The van der Waals surface area contributed by atoms with E-state index in [1.807, 2.05) is 0 Å². The largest absolute Gasteiger partial charge is 0.344 e. The Labute approximate surface area is 101 Å². The molecule has 92 valence electrons. The molecule has 0 aromatic rings. The van der Waals surface area contributed by atoms with E-state index in [9.17, 15) is 9.59 Å². The highest BCUT2D eigenvalue weighted by Crippen LogP contribution is 2.15. The van der Waals surface area contributed by atoms with Gasteiger partial charge in [0.2, 0.25) is 11.8 Å². The monoisotopic (exact) mass is 245 g/mol. The zero-order valence-corrected chi connectivity index (χ0v) is 10.4. The van der Waals surface area contributed by atoms with Crippen LogP contribution in [-0.2, 0) is 9.59 Å². The van der Waals surface area contributed by atoms with Crippen molar-refractivity contribution in [3.05, 3.63) is 0 Å². The molecule has 1 fully saturated rings. The lowest BCUT2D eigenvalue weighted by molar-refractivity contribution is -0.134. The van der Waals surface area contributed by atoms with Gasteiger partial charge in [-0.15, -0.1) is 0 Å². The van der Waals surface area contributed by atoms with Crippen LogP contribution in [0.2, 0.25) is 0 Å². The predicted molar refractivity (Wildman–Crippen MR) is 65.2 cm³/mol. The van der Waals surface area contributed by atoms with Crippen LogP contribution in [-0.4, -0.2) is 48.1 Å². The van der Waals surface area contributed by atoms with Crippen molar-refractivity contribution in [2.45, 2.75) is 19.4 Å². The van der Waals surface area contributed by atoms with Crippen LogP contribution in [0.15, 0.2) is 0 Å². The van der Waals surface area contributed by atoms with Gasteiger partial charge in [-0.3, -0.25) is 9.59 Å². The van der Waals surface area contributed by atoms with Gasteiger partial charge in [0.05, 0.1) is 0 Å². The number of thiol groups is 1. The van der Waals surface area contributed by atoms with Crippen LogP contribution in [0.5, 0.6) is 0 Å². The van der Waals surface area contributed by atoms with E-state index in [1.54, 1.807) is 4.90 Å². The zero-order valence-electron chi connectivity index (χ0n) is 9.48. The second kappa shape index (κ2) is 6.10. The predicted octanol–water partition coefficient (Wildman–Crippen LogP) is -0.772. The third-order valence-electron chi connectivity index (χ3n) is 2.79. The average molecular weight is 245 g/mol. The summed E-state index contributed by atoms with van der Waals surface area (Å²) in [4.78, 5) is 24.7. The summed E-state index contributed by atoms with van der Waals surface area (Å²) >= 11 is 4.08.